The van der Waals surface area contributed by atoms with E-state index in [9.17, 15) is 4.79 Å². The van der Waals surface area contributed by atoms with Crippen molar-refractivity contribution in [1.29, 1.82) is 0 Å². The summed E-state index contributed by atoms with van der Waals surface area (Å²) >= 11 is 0. The van der Waals surface area contributed by atoms with Gasteiger partial charge in [0.05, 0.1) is 18.8 Å². The molecule has 1 aliphatic heterocycles. The van der Waals surface area contributed by atoms with Gasteiger partial charge in [0.15, 0.2) is 0 Å². The first kappa shape index (κ1) is 18.5. The quantitative estimate of drug-likeness (QED) is 0.892. The topological polar surface area (TPSA) is 59.4 Å². The number of hydrogen-bond donors (Lipinski definition) is 1. The first-order valence-corrected chi connectivity index (χ1v) is 9.15. The number of aromatic nitrogens is 2. The van der Waals surface area contributed by atoms with E-state index < -0.39 is 0 Å². The molecular weight excluding hydrogens is 328 g/mol. The monoisotopic (exact) mass is 356 g/mol. The van der Waals surface area contributed by atoms with Crippen molar-refractivity contribution < 1.29 is 9.53 Å². The Bertz CT molecular complexity index is 784. The summed E-state index contributed by atoms with van der Waals surface area (Å²) in [5, 5.41) is 7.85. The van der Waals surface area contributed by atoms with E-state index >= 15 is 0 Å². The van der Waals surface area contributed by atoms with Crippen LogP contribution in [0.4, 0.5) is 0 Å². The molecular formula is C20H28N4O2. The van der Waals surface area contributed by atoms with Crippen molar-refractivity contribution in [3.8, 4) is 5.75 Å². The third kappa shape index (κ3) is 3.60. The number of benzene rings is 1. The minimum absolute atomic E-state index is 0.00323. The van der Waals surface area contributed by atoms with Gasteiger partial charge in [-0.3, -0.25) is 9.48 Å². The number of hydrogen-bond acceptors (Lipinski definition) is 4. The number of ether oxygens (including phenoxy) is 1. The number of carbonyl (C=O) groups excluding carboxylic acids is 1. The molecule has 140 valence electrons. The summed E-state index contributed by atoms with van der Waals surface area (Å²) in [6, 6.07) is 7.96. The van der Waals surface area contributed by atoms with E-state index in [0.717, 1.165) is 42.2 Å². The molecule has 0 spiro atoms. The molecule has 26 heavy (non-hydrogen) atoms. The molecule has 6 heteroatoms. The zero-order chi connectivity index (χ0) is 18.7. The first-order chi connectivity index (χ1) is 12.5. The van der Waals surface area contributed by atoms with Gasteiger partial charge >= 0.3 is 0 Å². The molecule has 1 amide bonds. The molecule has 1 aliphatic rings. The van der Waals surface area contributed by atoms with Crippen LogP contribution in [0.3, 0.4) is 0 Å². The highest BCUT2D eigenvalue weighted by Gasteiger charge is 2.29. The van der Waals surface area contributed by atoms with Gasteiger partial charge in [-0.05, 0) is 31.9 Å². The van der Waals surface area contributed by atoms with Crippen LogP contribution in [0.2, 0.25) is 0 Å². The molecule has 1 N–H and O–H groups in total. The number of carbonyl (C=O) groups is 1. The third-order valence-electron chi connectivity index (χ3n) is 5.31. The molecule has 1 aromatic heterocycles. The van der Waals surface area contributed by atoms with Crippen LogP contribution in [-0.2, 0) is 18.3 Å². The van der Waals surface area contributed by atoms with E-state index in [2.05, 4.69) is 17.3 Å². The summed E-state index contributed by atoms with van der Waals surface area (Å²) in [5.41, 5.74) is 4.39. The Labute approximate surface area is 155 Å². The van der Waals surface area contributed by atoms with Crippen molar-refractivity contribution in [2.45, 2.75) is 32.7 Å². The Balaban J connectivity index is 1.76. The fraction of sp³-hybridized carbons (Fsp3) is 0.500. The van der Waals surface area contributed by atoms with Gasteiger partial charge in [0.2, 0.25) is 5.91 Å². The number of para-hydroxylation sites is 1. The standard InChI is InChI=1S/C20H28N4O2/c1-14-16(15(2)23(3)22-14)9-10-20(25)24-12-11-21-13-18(24)17-7-5-6-8-19(17)26-4/h5-8,18,21H,9-13H2,1-4H3. The van der Waals surface area contributed by atoms with Crippen LogP contribution in [0.15, 0.2) is 24.3 Å². The van der Waals surface area contributed by atoms with E-state index in [1.54, 1.807) is 7.11 Å². The fourth-order valence-electron chi connectivity index (χ4n) is 3.78. The average Bonchev–Trinajstić information content (AvgIpc) is 2.91. The summed E-state index contributed by atoms with van der Waals surface area (Å²) in [4.78, 5) is 15.0. The average molecular weight is 356 g/mol. The molecule has 1 fully saturated rings. The van der Waals surface area contributed by atoms with Crippen LogP contribution in [0.1, 0.15) is 35.0 Å². The van der Waals surface area contributed by atoms with Crippen LogP contribution in [0.25, 0.3) is 0 Å². The molecule has 1 saturated heterocycles. The van der Waals surface area contributed by atoms with Crippen LogP contribution in [0, 0.1) is 13.8 Å². The van der Waals surface area contributed by atoms with Crippen molar-refractivity contribution >= 4 is 5.91 Å². The Hall–Kier alpha value is -2.34. The first-order valence-electron chi connectivity index (χ1n) is 9.15. The van der Waals surface area contributed by atoms with Gasteiger partial charge in [-0.25, -0.2) is 0 Å². The molecule has 3 rings (SSSR count). The minimum Gasteiger partial charge on any atom is -0.496 e. The second-order valence-electron chi connectivity index (χ2n) is 6.82. The van der Waals surface area contributed by atoms with Crippen molar-refractivity contribution in [3.05, 3.63) is 46.8 Å². The van der Waals surface area contributed by atoms with Gasteiger partial charge in [-0.15, -0.1) is 0 Å². The van der Waals surface area contributed by atoms with Gasteiger partial charge in [-0.1, -0.05) is 18.2 Å². The maximum Gasteiger partial charge on any atom is 0.223 e. The number of piperazine rings is 1. The fourth-order valence-corrected chi connectivity index (χ4v) is 3.78. The summed E-state index contributed by atoms with van der Waals surface area (Å²) in [5.74, 6) is 1.02. The maximum absolute atomic E-state index is 13.0. The third-order valence-corrected chi connectivity index (χ3v) is 5.31. The highest BCUT2D eigenvalue weighted by atomic mass is 16.5. The number of nitrogens with zero attached hydrogens (tertiary/aromatic N) is 3. The second kappa shape index (κ2) is 7.91. The number of rotatable bonds is 5. The zero-order valence-corrected chi connectivity index (χ0v) is 16.1. The zero-order valence-electron chi connectivity index (χ0n) is 16.1. The molecule has 2 heterocycles. The van der Waals surface area contributed by atoms with Crippen LogP contribution < -0.4 is 10.1 Å². The summed E-state index contributed by atoms with van der Waals surface area (Å²) in [6.45, 7) is 6.35. The molecule has 0 bridgehead atoms. The van der Waals surface area contributed by atoms with E-state index in [1.807, 2.05) is 47.8 Å². The molecule has 1 atom stereocenters. The lowest BCUT2D eigenvalue weighted by Gasteiger charge is -2.37. The Kier molecular flexibility index (Phi) is 5.61. The highest BCUT2D eigenvalue weighted by molar-refractivity contribution is 5.77. The lowest BCUT2D eigenvalue weighted by Crippen LogP contribution is -2.48. The number of methoxy groups -OCH3 is 1. The Morgan fingerprint density at radius 2 is 2.12 bits per heavy atom. The summed E-state index contributed by atoms with van der Waals surface area (Å²) < 4.78 is 7.40. The molecule has 1 aromatic carbocycles. The van der Waals surface area contributed by atoms with Crippen LogP contribution >= 0.6 is 0 Å². The van der Waals surface area contributed by atoms with Crippen molar-refractivity contribution in [1.82, 2.24) is 20.0 Å². The van der Waals surface area contributed by atoms with Crippen molar-refractivity contribution in [2.75, 3.05) is 26.7 Å². The highest BCUT2D eigenvalue weighted by Crippen LogP contribution is 2.30. The number of aryl methyl sites for hydroxylation is 2. The number of amides is 1. The second-order valence-corrected chi connectivity index (χ2v) is 6.82. The van der Waals surface area contributed by atoms with Crippen LogP contribution in [-0.4, -0.2) is 47.3 Å². The van der Waals surface area contributed by atoms with Gasteiger partial charge in [0, 0.05) is 44.4 Å². The van der Waals surface area contributed by atoms with Crippen LogP contribution in [0.5, 0.6) is 5.75 Å². The molecule has 0 radical (unpaired) electrons. The molecule has 0 aliphatic carbocycles. The van der Waals surface area contributed by atoms with Gasteiger partial charge in [0.25, 0.3) is 0 Å². The lowest BCUT2D eigenvalue weighted by molar-refractivity contribution is -0.134. The smallest absolute Gasteiger partial charge is 0.223 e. The Morgan fingerprint density at radius 1 is 1.35 bits per heavy atom. The normalized spacial score (nSPS) is 17.4. The summed E-state index contributed by atoms with van der Waals surface area (Å²) in [7, 11) is 3.62. The summed E-state index contributed by atoms with van der Waals surface area (Å²) in [6.07, 6.45) is 1.23. The van der Waals surface area contributed by atoms with Gasteiger partial charge in [0.1, 0.15) is 5.75 Å². The SMILES string of the molecule is COc1ccccc1C1CNCCN1C(=O)CCc1c(C)nn(C)c1C. The van der Waals surface area contributed by atoms with Crippen molar-refractivity contribution in [2.24, 2.45) is 7.05 Å². The minimum atomic E-state index is 0.00323. The molecule has 2 aromatic rings. The predicted octanol–water partition coefficient (Wildman–Crippen LogP) is 2.15. The van der Waals surface area contributed by atoms with Gasteiger partial charge < -0.3 is 15.0 Å². The number of nitrogens with one attached hydrogen (secondary N) is 1. The van der Waals surface area contributed by atoms with E-state index in [-0.39, 0.29) is 11.9 Å². The van der Waals surface area contributed by atoms with E-state index in [4.69, 9.17) is 4.74 Å². The largest absolute Gasteiger partial charge is 0.496 e. The predicted molar refractivity (Wildman–Crippen MR) is 101 cm³/mol. The van der Waals surface area contributed by atoms with Crippen molar-refractivity contribution in [3.63, 3.8) is 0 Å². The molecule has 0 saturated carbocycles. The Morgan fingerprint density at radius 3 is 2.81 bits per heavy atom. The molecule has 6 nitrogen and oxygen atoms in total. The lowest BCUT2D eigenvalue weighted by atomic mass is 10.0. The van der Waals surface area contributed by atoms with E-state index in [1.165, 1.54) is 5.56 Å². The molecule has 1 unspecified atom stereocenters. The maximum atomic E-state index is 13.0. The van der Waals surface area contributed by atoms with E-state index in [0.29, 0.717) is 13.0 Å². The van der Waals surface area contributed by atoms with Gasteiger partial charge in [-0.2, -0.15) is 5.10 Å².